The van der Waals surface area contributed by atoms with E-state index in [1.807, 2.05) is 16.7 Å². The maximum absolute atomic E-state index is 13.1. The second-order valence-corrected chi connectivity index (χ2v) is 8.65. The van der Waals surface area contributed by atoms with Crippen LogP contribution in [-0.4, -0.2) is 65.4 Å². The number of aromatic amines is 1. The van der Waals surface area contributed by atoms with E-state index in [-0.39, 0.29) is 17.7 Å². The van der Waals surface area contributed by atoms with Gasteiger partial charge in [-0.25, -0.2) is 4.79 Å². The van der Waals surface area contributed by atoms with Gasteiger partial charge in [-0.1, -0.05) is 6.92 Å². The van der Waals surface area contributed by atoms with Gasteiger partial charge >= 0.3 is 5.97 Å². The number of aryl methyl sites for hydroxylation is 1. The third-order valence-corrected chi connectivity index (χ3v) is 6.72. The fraction of sp³-hybridized carbons (Fsp3) is 0.696. The second kappa shape index (κ2) is 9.67. The number of carbonyl (C=O) groups excluding carboxylic acids is 3. The first kappa shape index (κ1) is 22.4. The van der Waals surface area contributed by atoms with Crippen LogP contribution in [0.1, 0.15) is 78.1 Å². The molecule has 7 heteroatoms. The molecule has 7 nitrogen and oxygen atoms in total. The first-order valence-corrected chi connectivity index (χ1v) is 11.3. The van der Waals surface area contributed by atoms with Crippen LogP contribution in [0.4, 0.5) is 0 Å². The number of hydrogen-bond donors (Lipinski definition) is 1. The van der Waals surface area contributed by atoms with Gasteiger partial charge in [-0.15, -0.1) is 0 Å². The second-order valence-electron chi connectivity index (χ2n) is 8.65. The third kappa shape index (κ3) is 4.55. The highest BCUT2D eigenvalue weighted by molar-refractivity contribution is 6.00. The zero-order valence-corrected chi connectivity index (χ0v) is 18.8. The number of nitrogens with one attached hydrogen (secondary N) is 1. The first-order chi connectivity index (χ1) is 14.3. The van der Waals surface area contributed by atoms with Crippen LogP contribution in [0.2, 0.25) is 0 Å². The van der Waals surface area contributed by atoms with Crippen molar-refractivity contribution < 1.29 is 19.1 Å². The van der Waals surface area contributed by atoms with Gasteiger partial charge in [0.15, 0.2) is 0 Å². The molecule has 2 aliphatic rings. The number of aromatic nitrogens is 1. The lowest BCUT2D eigenvalue weighted by molar-refractivity contribution is -0.138. The van der Waals surface area contributed by atoms with Crippen LogP contribution in [0.3, 0.4) is 0 Å². The standard InChI is InChI=1S/C23H35N3O4/c1-5-30-23(29)19-16(3)20(24-17(19)4)22(28)26-13-9-18(10-14-26)15(2)21(27)25-11-7-6-8-12-25/h15,18,24H,5-14H2,1-4H3/t15-/m0/s1. The van der Waals surface area contributed by atoms with Crippen LogP contribution < -0.4 is 0 Å². The van der Waals surface area contributed by atoms with Gasteiger partial charge in [-0.05, 0) is 64.4 Å². The van der Waals surface area contributed by atoms with E-state index in [9.17, 15) is 14.4 Å². The Labute approximate surface area is 179 Å². The summed E-state index contributed by atoms with van der Waals surface area (Å²) in [6.45, 7) is 10.7. The molecular formula is C23H35N3O4. The monoisotopic (exact) mass is 417 g/mol. The van der Waals surface area contributed by atoms with E-state index in [0.717, 1.165) is 38.8 Å². The van der Waals surface area contributed by atoms with Crippen molar-refractivity contribution in [1.29, 1.82) is 0 Å². The maximum atomic E-state index is 13.1. The van der Waals surface area contributed by atoms with Crippen molar-refractivity contribution in [2.75, 3.05) is 32.8 Å². The molecule has 0 aliphatic carbocycles. The number of esters is 1. The number of H-pyrrole nitrogens is 1. The third-order valence-electron chi connectivity index (χ3n) is 6.72. The summed E-state index contributed by atoms with van der Waals surface area (Å²) in [5.41, 5.74) is 2.22. The summed E-state index contributed by atoms with van der Waals surface area (Å²) in [6.07, 6.45) is 5.09. The molecule has 2 saturated heterocycles. The minimum absolute atomic E-state index is 0.00485. The average molecular weight is 418 g/mol. The SMILES string of the molecule is CCOC(=O)c1c(C)[nH]c(C(=O)N2CCC([C@H](C)C(=O)N3CCCCC3)CC2)c1C. The van der Waals surface area contributed by atoms with Gasteiger partial charge < -0.3 is 19.5 Å². The number of piperidine rings is 2. The summed E-state index contributed by atoms with van der Waals surface area (Å²) in [5, 5.41) is 0. The smallest absolute Gasteiger partial charge is 0.340 e. The van der Waals surface area contributed by atoms with Gasteiger partial charge in [0.25, 0.3) is 5.91 Å². The van der Waals surface area contributed by atoms with E-state index < -0.39 is 5.97 Å². The minimum Gasteiger partial charge on any atom is -0.462 e. The Morgan fingerprint density at radius 3 is 2.27 bits per heavy atom. The molecule has 2 amide bonds. The summed E-state index contributed by atoms with van der Waals surface area (Å²) >= 11 is 0. The van der Waals surface area contributed by atoms with E-state index in [0.29, 0.717) is 48.1 Å². The molecule has 0 radical (unpaired) electrons. The quantitative estimate of drug-likeness (QED) is 0.745. The molecule has 0 unspecified atom stereocenters. The number of ether oxygens (including phenoxy) is 1. The van der Waals surface area contributed by atoms with Crippen LogP contribution in [0.15, 0.2) is 0 Å². The highest BCUT2D eigenvalue weighted by atomic mass is 16.5. The van der Waals surface area contributed by atoms with Crippen molar-refractivity contribution in [3.63, 3.8) is 0 Å². The predicted octanol–water partition coefficient (Wildman–Crippen LogP) is 3.31. The largest absolute Gasteiger partial charge is 0.462 e. The topological polar surface area (TPSA) is 82.7 Å². The van der Waals surface area contributed by atoms with Crippen molar-refractivity contribution in [2.45, 2.75) is 59.8 Å². The van der Waals surface area contributed by atoms with Gasteiger partial charge in [0.2, 0.25) is 5.91 Å². The predicted molar refractivity (Wildman–Crippen MR) is 114 cm³/mol. The molecule has 1 aromatic rings. The number of nitrogens with zero attached hydrogens (tertiary/aromatic N) is 2. The molecule has 0 saturated carbocycles. The molecule has 1 atom stereocenters. The van der Waals surface area contributed by atoms with Crippen molar-refractivity contribution in [3.05, 3.63) is 22.5 Å². The van der Waals surface area contributed by atoms with Gasteiger partial charge in [-0.3, -0.25) is 9.59 Å². The average Bonchev–Trinajstić information content (AvgIpc) is 3.07. The summed E-state index contributed by atoms with van der Waals surface area (Å²) in [5.74, 6) is 0.107. The molecule has 0 spiro atoms. The van der Waals surface area contributed by atoms with E-state index >= 15 is 0 Å². The number of hydrogen-bond acceptors (Lipinski definition) is 4. The molecule has 166 valence electrons. The van der Waals surface area contributed by atoms with Gasteiger partial charge in [0.1, 0.15) is 5.69 Å². The van der Waals surface area contributed by atoms with Gasteiger partial charge in [0, 0.05) is 37.8 Å². The maximum Gasteiger partial charge on any atom is 0.340 e. The molecule has 0 bridgehead atoms. The molecule has 1 aromatic heterocycles. The van der Waals surface area contributed by atoms with Crippen LogP contribution >= 0.6 is 0 Å². The fourth-order valence-corrected chi connectivity index (χ4v) is 4.84. The molecule has 3 rings (SSSR count). The highest BCUT2D eigenvalue weighted by Gasteiger charge is 2.34. The lowest BCUT2D eigenvalue weighted by atomic mass is 9.84. The fourth-order valence-electron chi connectivity index (χ4n) is 4.84. The summed E-state index contributed by atoms with van der Waals surface area (Å²) in [4.78, 5) is 45.1. The molecule has 2 fully saturated rings. The molecule has 0 aromatic carbocycles. The molecule has 3 heterocycles. The first-order valence-electron chi connectivity index (χ1n) is 11.3. The summed E-state index contributed by atoms with van der Waals surface area (Å²) in [7, 11) is 0. The van der Waals surface area contributed by atoms with Crippen molar-refractivity contribution in [3.8, 4) is 0 Å². The van der Waals surface area contributed by atoms with Crippen molar-refractivity contribution in [2.24, 2.45) is 11.8 Å². The van der Waals surface area contributed by atoms with E-state index in [1.54, 1.807) is 20.8 Å². The van der Waals surface area contributed by atoms with Crippen molar-refractivity contribution in [1.82, 2.24) is 14.8 Å². The van der Waals surface area contributed by atoms with Gasteiger partial charge in [0.05, 0.1) is 12.2 Å². The van der Waals surface area contributed by atoms with Crippen LogP contribution in [0, 0.1) is 25.7 Å². The Morgan fingerprint density at radius 1 is 1.03 bits per heavy atom. The Hall–Kier alpha value is -2.31. The van der Waals surface area contributed by atoms with E-state index in [1.165, 1.54) is 6.42 Å². The van der Waals surface area contributed by atoms with Crippen LogP contribution in [0.25, 0.3) is 0 Å². The molecular weight excluding hydrogens is 382 g/mol. The highest BCUT2D eigenvalue weighted by Crippen LogP contribution is 2.29. The normalized spacial score (nSPS) is 18.9. The molecule has 30 heavy (non-hydrogen) atoms. The zero-order valence-electron chi connectivity index (χ0n) is 18.8. The van der Waals surface area contributed by atoms with Crippen LogP contribution in [-0.2, 0) is 9.53 Å². The lowest BCUT2D eigenvalue weighted by Gasteiger charge is -2.37. The lowest BCUT2D eigenvalue weighted by Crippen LogP contribution is -2.45. The van der Waals surface area contributed by atoms with Crippen LogP contribution in [0.5, 0.6) is 0 Å². The number of amides is 2. The van der Waals surface area contributed by atoms with E-state index in [2.05, 4.69) is 4.98 Å². The zero-order chi connectivity index (χ0) is 21.8. The Bertz CT molecular complexity index is 787. The summed E-state index contributed by atoms with van der Waals surface area (Å²) < 4.78 is 5.12. The Morgan fingerprint density at radius 2 is 1.67 bits per heavy atom. The number of carbonyl (C=O) groups is 3. The molecule has 2 aliphatic heterocycles. The Kier molecular flexibility index (Phi) is 7.21. The van der Waals surface area contributed by atoms with Gasteiger partial charge in [-0.2, -0.15) is 0 Å². The van der Waals surface area contributed by atoms with Crippen molar-refractivity contribution >= 4 is 17.8 Å². The minimum atomic E-state index is -0.397. The Balaban J connectivity index is 1.61. The van der Waals surface area contributed by atoms with E-state index in [4.69, 9.17) is 4.74 Å². The molecule has 1 N–H and O–H groups in total. The summed E-state index contributed by atoms with van der Waals surface area (Å²) in [6, 6.07) is 0. The number of rotatable bonds is 5. The number of likely N-dealkylation sites (tertiary alicyclic amines) is 2.